The third-order valence-electron chi connectivity index (χ3n) is 4.34. The average molecular weight is 376 g/mol. The molecule has 1 fully saturated rings. The third kappa shape index (κ3) is 6.98. The molecule has 0 aromatic heterocycles. The third-order valence-corrected chi connectivity index (χ3v) is 4.34. The number of hydrogen-bond donors (Lipinski definition) is 2. The lowest BCUT2D eigenvalue weighted by molar-refractivity contribution is -0.126. The number of nitrogens with zero attached hydrogens (tertiary/aromatic N) is 1. The lowest BCUT2D eigenvalue weighted by atomic mass is 9.96. The smallest absolute Gasteiger partial charge is 0.240 e. The van der Waals surface area contributed by atoms with Crippen molar-refractivity contribution in [2.75, 3.05) is 13.1 Å². The van der Waals surface area contributed by atoms with Gasteiger partial charge in [0.1, 0.15) is 0 Å². The molecular weight excluding hydrogens is 345 g/mol. The molecule has 1 unspecified atom stereocenters. The van der Waals surface area contributed by atoms with E-state index >= 15 is 0 Å². The van der Waals surface area contributed by atoms with E-state index in [0.29, 0.717) is 13.0 Å². The molecule has 4 nitrogen and oxygen atoms in total. The SMILES string of the molecule is CCCC(C)(N)C(=O)NCc1cccc(CN2CCCC2)c1.Cl.Cl. The van der Waals surface area contributed by atoms with Crippen LogP contribution in [0.15, 0.2) is 24.3 Å². The van der Waals surface area contributed by atoms with Crippen LogP contribution in [0.4, 0.5) is 0 Å². The van der Waals surface area contributed by atoms with Crippen molar-refractivity contribution in [2.45, 2.75) is 58.2 Å². The number of benzene rings is 1. The molecule has 0 spiro atoms. The van der Waals surface area contributed by atoms with Gasteiger partial charge in [0, 0.05) is 13.1 Å². The van der Waals surface area contributed by atoms with Crippen LogP contribution >= 0.6 is 24.8 Å². The van der Waals surface area contributed by atoms with Crippen molar-refractivity contribution in [1.82, 2.24) is 10.2 Å². The number of hydrogen-bond acceptors (Lipinski definition) is 3. The van der Waals surface area contributed by atoms with Gasteiger partial charge in [0.25, 0.3) is 0 Å². The van der Waals surface area contributed by atoms with Gasteiger partial charge in [-0.25, -0.2) is 0 Å². The minimum Gasteiger partial charge on any atom is -0.350 e. The van der Waals surface area contributed by atoms with E-state index < -0.39 is 5.54 Å². The largest absolute Gasteiger partial charge is 0.350 e. The molecule has 1 aromatic carbocycles. The van der Waals surface area contributed by atoms with Crippen LogP contribution in [0.2, 0.25) is 0 Å². The van der Waals surface area contributed by atoms with E-state index in [9.17, 15) is 4.79 Å². The number of rotatable bonds is 7. The summed E-state index contributed by atoms with van der Waals surface area (Å²) in [5.41, 5.74) is 7.73. The van der Waals surface area contributed by atoms with Gasteiger partial charge in [-0.15, -0.1) is 24.8 Å². The highest BCUT2D eigenvalue weighted by molar-refractivity contribution is 5.86. The Morgan fingerprint density at radius 2 is 1.88 bits per heavy atom. The first kappa shape index (κ1) is 23.2. The first-order valence-electron chi connectivity index (χ1n) is 8.38. The van der Waals surface area contributed by atoms with Crippen LogP contribution < -0.4 is 11.1 Å². The highest BCUT2D eigenvalue weighted by atomic mass is 35.5. The molecular formula is C18H31Cl2N3O. The summed E-state index contributed by atoms with van der Waals surface area (Å²) in [6.07, 6.45) is 4.23. The second-order valence-corrected chi connectivity index (χ2v) is 6.65. The van der Waals surface area contributed by atoms with E-state index in [-0.39, 0.29) is 30.7 Å². The van der Waals surface area contributed by atoms with Crippen molar-refractivity contribution in [2.24, 2.45) is 5.73 Å². The molecule has 138 valence electrons. The zero-order valence-corrected chi connectivity index (χ0v) is 16.3. The van der Waals surface area contributed by atoms with Crippen molar-refractivity contribution < 1.29 is 4.79 Å². The van der Waals surface area contributed by atoms with Crippen LogP contribution in [0.1, 0.15) is 50.7 Å². The zero-order chi connectivity index (χ0) is 16.0. The summed E-state index contributed by atoms with van der Waals surface area (Å²) in [6, 6.07) is 8.47. The van der Waals surface area contributed by atoms with Gasteiger partial charge < -0.3 is 11.1 Å². The van der Waals surface area contributed by atoms with Crippen LogP contribution in [0.3, 0.4) is 0 Å². The summed E-state index contributed by atoms with van der Waals surface area (Å²) in [4.78, 5) is 14.6. The summed E-state index contributed by atoms with van der Waals surface area (Å²) in [7, 11) is 0. The normalized spacial score (nSPS) is 16.6. The highest BCUT2D eigenvalue weighted by Crippen LogP contribution is 2.14. The number of amides is 1. The van der Waals surface area contributed by atoms with Gasteiger partial charge in [-0.2, -0.15) is 0 Å². The molecule has 1 aliphatic rings. The van der Waals surface area contributed by atoms with Gasteiger partial charge in [0.15, 0.2) is 0 Å². The number of carbonyl (C=O) groups excluding carboxylic acids is 1. The van der Waals surface area contributed by atoms with Gasteiger partial charge >= 0.3 is 0 Å². The number of nitrogens with two attached hydrogens (primary N) is 1. The summed E-state index contributed by atoms with van der Waals surface area (Å²) < 4.78 is 0. The first-order valence-corrected chi connectivity index (χ1v) is 8.38. The first-order chi connectivity index (χ1) is 10.5. The van der Waals surface area contributed by atoms with Crippen molar-refractivity contribution in [3.63, 3.8) is 0 Å². The molecule has 3 N–H and O–H groups in total. The Labute approximate surface area is 158 Å². The Bertz CT molecular complexity index is 503. The van der Waals surface area contributed by atoms with E-state index in [1.165, 1.54) is 31.5 Å². The van der Waals surface area contributed by atoms with Gasteiger partial charge in [-0.3, -0.25) is 9.69 Å². The summed E-state index contributed by atoms with van der Waals surface area (Å²) in [5, 5.41) is 2.97. The number of nitrogens with one attached hydrogen (secondary N) is 1. The molecule has 1 heterocycles. The zero-order valence-electron chi connectivity index (χ0n) is 14.7. The Morgan fingerprint density at radius 3 is 2.50 bits per heavy atom. The van der Waals surface area contributed by atoms with E-state index in [2.05, 4.69) is 34.5 Å². The van der Waals surface area contributed by atoms with Gasteiger partial charge in [-0.1, -0.05) is 37.6 Å². The molecule has 1 amide bonds. The lowest BCUT2D eigenvalue weighted by Crippen LogP contribution is -2.51. The van der Waals surface area contributed by atoms with E-state index in [4.69, 9.17) is 5.73 Å². The van der Waals surface area contributed by atoms with Gasteiger partial charge in [-0.05, 0) is 50.4 Å². The highest BCUT2D eigenvalue weighted by Gasteiger charge is 2.26. The van der Waals surface area contributed by atoms with Crippen LogP contribution in [-0.4, -0.2) is 29.4 Å². The predicted octanol–water partition coefficient (Wildman–Crippen LogP) is 3.26. The molecule has 0 saturated carbocycles. The monoisotopic (exact) mass is 375 g/mol. The number of likely N-dealkylation sites (tertiary alicyclic amines) is 1. The second-order valence-electron chi connectivity index (χ2n) is 6.65. The molecule has 24 heavy (non-hydrogen) atoms. The number of carbonyl (C=O) groups is 1. The molecule has 0 bridgehead atoms. The van der Waals surface area contributed by atoms with Crippen molar-refractivity contribution in [3.05, 3.63) is 35.4 Å². The maximum atomic E-state index is 12.1. The fourth-order valence-electron chi connectivity index (χ4n) is 3.05. The maximum Gasteiger partial charge on any atom is 0.240 e. The van der Waals surface area contributed by atoms with E-state index in [1.807, 2.05) is 6.92 Å². The molecule has 1 aliphatic heterocycles. The van der Waals surface area contributed by atoms with Crippen molar-refractivity contribution in [3.8, 4) is 0 Å². The topological polar surface area (TPSA) is 58.4 Å². The fraction of sp³-hybridized carbons (Fsp3) is 0.611. The van der Waals surface area contributed by atoms with Crippen molar-refractivity contribution in [1.29, 1.82) is 0 Å². The Hall–Kier alpha value is -0.810. The predicted molar refractivity (Wildman–Crippen MR) is 105 cm³/mol. The maximum absolute atomic E-state index is 12.1. The second kappa shape index (κ2) is 10.9. The minimum absolute atomic E-state index is 0. The van der Waals surface area contributed by atoms with Crippen molar-refractivity contribution >= 4 is 30.7 Å². The Kier molecular flexibility index (Phi) is 10.6. The lowest BCUT2D eigenvalue weighted by Gasteiger charge is -2.23. The van der Waals surface area contributed by atoms with Crippen LogP contribution in [-0.2, 0) is 17.9 Å². The standard InChI is InChI=1S/C18H29N3O.2ClH/c1-3-9-18(2,19)17(22)20-13-15-7-6-8-16(12-15)14-21-10-4-5-11-21;;/h6-8,12H,3-5,9-11,13-14,19H2,1-2H3,(H,20,22);2*1H. The average Bonchev–Trinajstić information content (AvgIpc) is 2.98. The van der Waals surface area contributed by atoms with Gasteiger partial charge in [0.2, 0.25) is 5.91 Å². The Balaban J connectivity index is 0.00000264. The molecule has 1 atom stereocenters. The van der Waals surface area contributed by atoms with E-state index in [0.717, 1.165) is 18.5 Å². The quantitative estimate of drug-likeness (QED) is 0.768. The molecule has 0 aliphatic carbocycles. The number of halogens is 2. The van der Waals surface area contributed by atoms with Crippen LogP contribution in [0.5, 0.6) is 0 Å². The van der Waals surface area contributed by atoms with Crippen LogP contribution in [0, 0.1) is 0 Å². The molecule has 2 rings (SSSR count). The fourth-order valence-corrected chi connectivity index (χ4v) is 3.05. The minimum atomic E-state index is -0.776. The summed E-state index contributed by atoms with van der Waals surface area (Å²) >= 11 is 0. The van der Waals surface area contributed by atoms with E-state index in [1.54, 1.807) is 6.92 Å². The molecule has 1 saturated heterocycles. The summed E-state index contributed by atoms with van der Waals surface area (Å²) in [6.45, 7) is 7.79. The Morgan fingerprint density at radius 1 is 1.25 bits per heavy atom. The molecule has 1 aromatic rings. The molecule has 6 heteroatoms. The van der Waals surface area contributed by atoms with Crippen LogP contribution in [0.25, 0.3) is 0 Å². The summed E-state index contributed by atoms with van der Waals surface area (Å²) in [5.74, 6) is -0.0701. The van der Waals surface area contributed by atoms with Gasteiger partial charge in [0.05, 0.1) is 5.54 Å². The molecule has 0 radical (unpaired) electrons.